The molecule has 0 N–H and O–H groups in total. The lowest BCUT2D eigenvalue weighted by Crippen LogP contribution is -2.21. The van der Waals surface area contributed by atoms with Gasteiger partial charge in [0.05, 0.1) is 5.57 Å². The van der Waals surface area contributed by atoms with Gasteiger partial charge in [-0.05, 0) is 59.9 Å². The van der Waals surface area contributed by atoms with Crippen LogP contribution in [0, 0.1) is 0 Å². The van der Waals surface area contributed by atoms with Gasteiger partial charge in [-0.2, -0.15) is 0 Å². The van der Waals surface area contributed by atoms with Crippen molar-refractivity contribution in [3.8, 4) is 11.1 Å². The molecule has 2 aromatic carbocycles. The minimum atomic E-state index is -0.258. The molecule has 0 bridgehead atoms. The van der Waals surface area contributed by atoms with Gasteiger partial charge in [-0.1, -0.05) is 55.5 Å². The molecular formula is C22H22O2. The molecule has 0 heterocycles. The number of rotatable bonds is 3. The molecule has 0 radical (unpaired) electrons. The maximum absolute atomic E-state index is 12.6. The highest BCUT2D eigenvalue weighted by molar-refractivity contribution is 6.16. The molecule has 122 valence electrons. The second kappa shape index (κ2) is 6.27. The third-order valence-corrected chi connectivity index (χ3v) is 5.25. The number of hydrogen-bond acceptors (Lipinski definition) is 2. The molecule has 1 fully saturated rings. The van der Waals surface area contributed by atoms with Crippen LogP contribution in [0.25, 0.3) is 16.7 Å². The Kier molecular flexibility index (Phi) is 3.97. The lowest BCUT2D eigenvalue weighted by Gasteiger charge is -2.22. The van der Waals surface area contributed by atoms with Crippen molar-refractivity contribution in [2.75, 3.05) is 0 Å². The molecule has 0 aliphatic heterocycles. The average Bonchev–Trinajstić information content (AvgIpc) is 3.00. The van der Waals surface area contributed by atoms with Gasteiger partial charge in [0.15, 0.2) is 0 Å². The first-order valence-corrected chi connectivity index (χ1v) is 8.84. The van der Waals surface area contributed by atoms with E-state index in [0.717, 1.165) is 37.7 Å². The van der Waals surface area contributed by atoms with Gasteiger partial charge in [-0.25, -0.2) is 4.79 Å². The fraction of sp³-hybridized carbons (Fsp3) is 0.318. The van der Waals surface area contributed by atoms with Gasteiger partial charge in [-0.15, -0.1) is 0 Å². The minimum Gasteiger partial charge on any atom is -0.459 e. The molecule has 0 saturated heterocycles. The van der Waals surface area contributed by atoms with Crippen LogP contribution in [-0.2, 0) is 16.0 Å². The zero-order valence-corrected chi connectivity index (χ0v) is 13.9. The van der Waals surface area contributed by atoms with Crippen LogP contribution in [0.4, 0.5) is 0 Å². The molecule has 0 amide bonds. The largest absolute Gasteiger partial charge is 0.459 e. The molecule has 2 heteroatoms. The van der Waals surface area contributed by atoms with E-state index in [-0.39, 0.29) is 12.1 Å². The third-order valence-electron chi connectivity index (χ3n) is 5.25. The molecule has 2 aromatic rings. The number of hydrogen-bond donors (Lipinski definition) is 0. The van der Waals surface area contributed by atoms with Crippen LogP contribution >= 0.6 is 0 Å². The molecule has 24 heavy (non-hydrogen) atoms. The standard InChI is InChI=1S/C22H22O2/c1-15(22(23)24-17-9-3-2-4-10-17)18-12-7-13-20-19-11-6-5-8-16(19)14-21(18)20/h5-8,11-13,17H,1-4,9-10,14H2. The van der Waals surface area contributed by atoms with Crippen molar-refractivity contribution in [1.82, 2.24) is 0 Å². The van der Waals surface area contributed by atoms with Crippen molar-refractivity contribution < 1.29 is 9.53 Å². The average molecular weight is 318 g/mol. The molecular weight excluding hydrogens is 296 g/mol. The summed E-state index contributed by atoms with van der Waals surface area (Å²) in [6.45, 7) is 4.06. The summed E-state index contributed by atoms with van der Waals surface area (Å²) in [5.41, 5.74) is 6.42. The van der Waals surface area contributed by atoms with E-state index in [1.54, 1.807) is 0 Å². The summed E-state index contributed by atoms with van der Waals surface area (Å²) in [6, 6.07) is 14.6. The quantitative estimate of drug-likeness (QED) is 0.493. The van der Waals surface area contributed by atoms with Crippen LogP contribution in [0.1, 0.15) is 48.8 Å². The smallest absolute Gasteiger partial charge is 0.338 e. The zero-order chi connectivity index (χ0) is 16.5. The van der Waals surface area contributed by atoms with E-state index in [4.69, 9.17) is 4.74 Å². The SMILES string of the molecule is C=C(C(=O)OC1CCCCC1)c1cccc2c1Cc1ccccc1-2. The van der Waals surface area contributed by atoms with Gasteiger partial charge in [0.25, 0.3) is 0 Å². The van der Waals surface area contributed by atoms with Crippen LogP contribution in [0.5, 0.6) is 0 Å². The Hall–Kier alpha value is -2.35. The fourth-order valence-electron chi connectivity index (χ4n) is 3.96. The fourth-order valence-corrected chi connectivity index (χ4v) is 3.96. The highest BCUT2D eigenvalue weighted by Crippen LogP contribution is 2.40. The first kappa shape index (κ1) is 15.2. The van der Waals surface area contributed by atoms with E-state index in [2.05, 4.69) is 36.9 Å². The molecule has 0 aromatic heterocycles. The number of carbonyl (C=O) groups is 1. The maximum Gasteiger partial charge on any atom is 0.338 e. The Balaban J connectivity index is 1.59. The van der Waals surface area contributed by atoms with Crippen molar-refractivity contribution in [2.45, 2.75) is 44.6 Å². The number of ether oxygens (including phenoxy) is 1. The van der Waals surface area contributed by atoms with Crippen LogP contribution in [-0.4, -0.2) is 12.1 Å². The van der Waals surface area contributed by atoms with Gasteiger partial charge in [0.2, 0.25) is 0 Å². The zero-order valence-electron chi connectivity index (χ0n) is 13.9. The Bertz CT molecular complexity index is 797. The van der Waals surface area contributed by atoms with E-state index in [0.29, 0.717) is 5.57 Å². The summed E-state index contributed by atoms with van der Waals surface area (Å²) in [4.78, 5) is 12.6. The normalized spacial score (nSPS) is 16.3. The summed E-state index contributed by atoms with van der Waals surface area (Å²) in [7, 11) is 0. The van der Waals surface area contributed by atoms with Crippen LogP contribution < -0.4 is 0 Å². The van der Waals surface area contributed by atoms with Crippen molar-refractivity contribution in [3.63, 3.8) is 0 Å². The van der Waals surface area contributed by atoms with Crippen LogP contribution in [0.2, 0.25) is 0 Å². The molecule has 2 nitrogen and oxygen atoms in total. The number of fused-ring (bicyclic) bond motifs is 3. The first-order valence-electron chi connectivity index (χ1n) is 8.84. The number of esters is 1. The Morgan fingerprint density at radius 3 is 2.54 bits per heavy atom. The van der Waals surface area contributed by atoms with Gasteiger partial charge in [0, 0.05) is 0 Å². The molecule has 0 atom stereocenters. The van der Waals surface area contributed by atoms with Gasteiger partial charge >= 0.3 is 5.97 Å². The molecule has 1 saturated carbocycles. The lowest BCUT2D eigenvalue weighted by atomic mass is 9.95. The lowest BCUT2D eigenvalue weighted by molar-refractivity contribution is -0.143. The molecule has 0 spiro atoms. The molecule has 2 aliphatic rings. The maximum atomic E-state index is 12.6. The summed E-state index contributed by atoms with van der Waals surface area (Å²) < 4.78 is 5.71. The summed E-state index contributed by atoms with van der Waals surface area (Å²) in [5, 5.41) is 0. The molecule has 0 unspecified atom stereocenters. The predicted octanol–water partition coefficient (Wildman–Crippen LogP) is 5.15. The Morgan fingerprint density at radius 1 is 0.958 bits per heavy atom. The summed E-state index contributed by atoms with van der Waals surface area (Å²) in [5.74, 6) is -0.258. The second-order valence-corrected chi connectivity index (χ2v) is 6.81. The van der Waals surface area contributed by atoms with E-state index >= 15 is 0 Å². The van der Waals surface area contributed by atoms with Crippen molar-refractivity contribution in [3.05, 3.63) is 65.7 Å². The first-order chi connectivity index (χ1) is 11.7. The van der Waals surface area contributed by atoms with Crippen LogP contribution in [0.3, 0.4) is 0 Å². The van der Waals surface area contributed by atoms with Crippen molar-refractivity contribution >= 4 is 11.5 Å². The van der Waals surface area contributed by atoms with Crippen LogP contribution in [0.15, 0.2) is 49.0 Å². The minimum absolute atomic E-state index is 0.0666. The summed E-state index contributed by atoms with van der Waals surface area (Å²) >= 11 is 0. The summed E-state index contributed by atoms with van der Waals surface area (Å²) in [6.07, 6.45) is 6.45. The number of carbonyl (C=O) groups excluding carboxylic acids is 1. The number of benzene rings is 2. The van der Waals surface area contributed by atoms with Gasteiger partial charge in [0.1, 0.15) is 6.10 Å². The second-order valence-electron chi connectivity index (χ2n) is 6.81. The monoisotopic (exact) mass is 318 g/mol. The van der Waals surface area contributed by atoms with E-state index < -0.39 is 0 Å². The highest BCUT2D eigenvalue weighted by Gasteiger charge is 2.25. The van der Waals surface area contributed by atoms with E-state index in [1.165, 1.54) is 28.7 Å². The van der Waals surface area contributed by atoms with Crippen molar-refractivity contribution in [2.24, 2.45) is 0 Å². The topological polar surface area (TPSA) is 26.3 Å². The van der Waals surface area contributed by atoms with Gasteiger partial charge in [-0.3, -0.25) is 0 Å². The predicted molar refractivity (Wildman–Crippen MR) is 96.7 cm³/mol. The van der Waals surface area contributed by atoms with Crippen molar-refractivity contribution in [1.29, 1.82) is 0 Å². The third kappa shape index (κ3) is 2.66. The van der Waals surface area contributed by atoms with E-state index in [9.17, 15) is 4.79 Å². The molecule has 4 rings (SSSR count). The Labute approximate surface area is 143 Å². The van der Waals surface area contributed by atoms with Gasteiger partial charge < -0.3 is 4.74 Å². The molecule has 2 aliphatic carbocycles. The van der Waals surface area contributed by atoms with E-state index in [1.807, 2.05) is 12.1 Å². The highest BCUT2D eigenvalue weighted by atomic mass is 16.5. The Morgan fingerprint density at radius 2 is 1.71 bits per heavy atom.